The van der Waals surface area contributed by atoms with E-state index in [1.807, 2.05) is 6.07 Å². The van der Waals surface area contributed by atoms with Crippen LogP contribution in [0, 0.1) is 10.1 Å². The van der Waals surface area contributed by atoms with Gasteiger partial charge in [0.2, 0.25) is 0 Å². The maximum absolute atomic E-state index is 10.7. The molecule has 5 nitrogen and oxygen atoms in total. The second-order valence-corrected chi connectivity index (χ2v) is 5.51. The summed E-state index contributed by atoms with van der Waals surface area (Å²) in [6.45, 7) is 0.481. The third-order valence-electron chi connectivity index (χ3n) is 2.40. The summed E-state index contributed by atoms with van der Waals surface area (Å²) in [4.78, 5) is 14.5. The van der Waals surface area contributed by atoms with Gasteiger partial charge in [0.1, 0.15) is 0 Å². The summed E-state index contributed by atoms with van der Waals surface area (Å²) >= 11 is 6.75. The fourth-order valence-electron chi connectivity index (χ4n) is 1.49. The molecule has 2 aromatic rings. The molecular formula is C12H9Br2N3O2. The highest BCUT2D eigenvalue weighted by Gasteiger charge is 2.06. The molecule has 0 aliphatic heterocycles. The number of nitro benzene ring substituents is 1. The third kappa shape index (κ3) is 3.74. The number of rotatable bonds is 4. The number of nitro groups is 1. The number of nitrogens with zero attached hydrogens (tertiary/aromatic N) is 2. The van der Waals surface area contributed by atoms with Crippen molar-refractivity contribution in [3.05, 3.63) is 61.3 Å². The Labute approximate surface area is 126 Å². The van der Waals surface area contributed by atoms with E-state index in [1.165, 1.54) is 12.1 Å². The maximum Gasteiger partial charge on any atom is 0.271 e. The van der Waals surface area contributed by atoms with E-state index in [-0.39, 0.29) is 5.69 Å². The van der Waals surface area contributed by atoms with Gasteiger partial charge in [0, 0.05) is 33.0 Å². The van der Waals surface area contributed by atoms with Crippen molar-refractivity contribution in [1.29, 1.82) is 0 Å². The fourth-order valence-corrected chi connectivity index (χ4v) is 2.62. The molecule has 0 atom stereocenters. The first-order valence-electron chi connectivity index (χ1n) is 5.34. The summed E-state index contributed by atoms with van der Waals surface area (Å²) in [5.74, 6) is 0. The molecule has 98 valence electrons. The Hall–Kier alpha value is -1.47. The van der Waals surface area contributed by atoms with Crippen LogP contribution in [0.5, 0.6) is 0 Å². The number of hydrogen-bond acceptors (Lipinski definition) is 4. The lowest BCUT2D eigenvalue weighted by atomic mass is 10.2. The fraction of sp³-hybridized carbons (Fsp3) is 0.0833. The van der Waals surface area contributed by atoms with Gasteiger partial charge in [-0.15, -0.1) is 0 Å². The average molecular weight is 387 g/mol. The van der Waals surface area contributed by atoms with Crippen molar-refractivity contribution in [1.82, 2.24) is 4.98 Å². The van der Waals surface area contributed by atoms with E-state index in [0.29, 0.717) is 12.2 Å². The van der Waals surface area contributed by atoms with E-state index in [1.54, 1.807) is 18.3 Å². The van der Waals surface area contributed by atoms with Crippen molar-refractivity contribution in [2.75, 3.05) is 5.32 Å². The van der Waals surface area contributed by atoms with Gasteiger partial charge < -0.3 is 5.32 Å². The van der Waals surface area contributed by atoms with Crippen LogP contribution in [0.4, 0.5) is 11.4 Å². The number of aromatic nitrogens is 1. The first-order chi connectivity index (χ1) is 9.06. The molecule has 0 aliphatic rings. The minimum absolute atomic E-state index is 0.0628. The molecule has 0 spiro atoms. The van der Waals surface area contributed by atoms with E-state index in [4.69, 9.17) is 0 Å². The van der Waals surface area contributed by atoms with E-state index < -0.39 is 4.92 Å². The first kappa shape index (κ1) is 14.0. The molecule has 0 saturated heterocycles. The highest BCUT2D eigenvalue weighted by molar-refractivity contribution is 9.11. The van der Waals surface area contributed by atoms with Crippen molar-refractivity contribution < 1.29 is 4.92 Å². The van der Waals surface area contributed by atoms with Crippen LogP contribution in [0.25, 0.3) is 0 Å². The van der Waals surface area contributed by atoms with Crippen LogP contribution in [0.1, 0.15) is 5.69 Å². The Kier molecular flexibility index (Phi) is 4.49. The number of halogens is 2. The van der Waals surface area contributed by atoms with Gasteiger partial charge in [-0.3, -0.25) is 15.1 Å². The molecule has 0 unspecified atom stereocenters. The maximum atomic E-state index is 10.7. The minimum Gasteiger partial charge on any atom is -0.379 e. The number of pyridine rings is 1. The molecule has 0 radical (unpaired) electrons. The van der Waals surface area contributed by atoms with Gasteiger partial charge in [-0.2, -0.15) is 0 Å². The normalized spacial score (nSPS) is 10.2. The number of benzene rings is 1. The van der Waals surface area contributed by atoms with Crippen LogP contribution in [0.15, 0.2) is 45.5 Å². The Morgan fingerprint density at radius 3 is 2.79 bits per heavy atom. The summed E-state index contributed by atoms with van der Waals surface area (Å²) in [5.41, 5.74) is 1.58. The average Bonchev–Trinajstić information content (AvgIpc) is 2.38. The van der Waals surface area contributed by atoms with Gasteiger partial charge in [0.15, 0.2) is 0 Å². The predicted octanol–water partition coefficient (Wildman–Crippen LogP) is 4.13. The zero-order valence-corrected chi connectivity index (χ0v) is 12.8. The van der Waals surface area contributed by atoms with Gasteiger partial charge in [-0.05, 0) is 44.0 Å². The second-order valence-electron chi connectivity index (χ2n) is 3.74. The van der Waals surface area contributed by atoms with Gasteiger partial charge in [0.25, 0.3) is 5.69 Å². The third-order valence-corrected chi connectivity index (χ3v) is 3.52. The summed E-state index contributed by atoms with van der Waals surface area (Å²) in [7, 11) is 0. The molecule has 2 rings (SSSR count). The van der Waals surface area contributed by atoms with Gasteiger partial charge in [-0.1, -0.05) is 6.07 Å². The lowest BCUT2D eigenvalue weighted by molar-refractivity contribution is -0.384. The molecule has 19 heavy (non-hydrogen) atoms. The summed E-state index contributed by atoms with van der Waals surface area (Å²) in [6.07, 6.45) is 1.70. The van der Waals surface area contributed by atoms with E-state index >= 15 is 0 Å². The van der Waals surface area contributed by atoms with Gasteiger partial charge in [0.05, 0.1) is 17.2 Å². The van der Waals surface area contributed by atoms with Crippen LogP contribution in [0.2, 0.25) is 0 Å². The number of anilines is 1. The number of hydrogen-bond donors (Lipinski definition) is 1. The predicted molar refractivity (Wildman–Crippen MR) is 80.1 cm³/mol. The zero-order valence-electron chi connectivity index (χ0n) is 9.64. The smallest absolute Gasteiger partial charge is 0.271 e. The van der Waals surface area contributed by atoms with Crippen molar-refractivity contribution in [3.63, 3.8) is 0 Å². The largest absolute Gasteiger partial charge is 0.379 e. The van der Waals surface area contributed by atoms with Gasteiger partial charge >= 0.3 is 0 Å². The molecule has 0 amide bonds. The number of non-ortho nitro benzene ring substituents is 1. The molecule has 0 saturated carbocycles. The van der Waals surface area contributed by atoms with Gasteiger partial charge in [-0.25, -0.2) is 0 Å². The van der Waals surface area contributed by atoms with E-state index in [0.717, 1.165) is 14.6 Å². The van der Waals surface area contributed by atoms with E-state index in [9.17, 15) is 10.1 Å². The van der Waals surface area contributed by atoms with Crippen molar-refractivity contribution in [3.8, 4) is 0 Å². The molecule has 0 bridgehead atoms. The minimum atomic E-state index is -0.418. The Morgan fingerprint density at radius 2 is 2.11 bits per heavy atom. The molecule has 1 aromatic carbocycles. The van der Waals surface area contributed by atoms with Crippen LogP contribution in [-0.4, -0.2) is 9.91 Å². The molecule has 1 aromatic heterocycles. The number of nitrogens with one attached hydrogen (secondary N) is 1. The van der Waals surface area contributed by atoms with Crippen molar-refractivity contribution >= 4 is 43.2 Å². The molecule has 0 fully saturated rings. The molecule has 7 heteroatoms. The molecule has 1 heterocycles. The van der Waals surface area contributed by atoms with Crippen LogP contribution >= 0.6 is 31.9 Å². The van der Waals surface area contributed by atoms with Crippen LogP contribution in [-0.2, 0) is 6.54 Å². The van der Waals surface area contributed by atoms with Crippen LogP contribution in [0.3, 0.4) is 0 Å². The quantitative estimate of drug-likeness (QED) is 0.633. The van der Waals surface area contributed by atoms with Crippen molar-refractivity contribution in [2.45, 2.75) is 6.54 Å². The van der Waals surface area contributed by atoms with Crippen LogP contribution < -0.4 is 5.32 Å². The zero-order chi connectivity index (χ0) is 13.8. The first-order valence-corrected chi connectivity index (χ1v) is 6.93. The summed E-state index contributed by atoms with van der Waals surface area (Å²) in [6, 6.07) is 8.27. The SMILES string of the molecule is O=[N+]([O-])c1cccc(NCc2ncc(Br)cc2Br)c1. The Balaban J connectivity index is 2.10. The van der Waals surface area contributed by atoms with E-state index in [2.05, 4.69) is 42.2 Å². The molecular weight excluding hydrogens is 378 g/mol. The Bertz CT molecular complexity index is 620. The Morgan fingerprint density at radius 1 is 1.32 bits per heavy atom. The highest BCUT2D eigenvalue weighted by Crippen LogP contribution is 2.22. The lowest BCUT2D eigenvalue weighted by Crippen LogP contribution is -2.02. The molecule has 1 N–H and O–H groups in total. The molecule has 0 aliphatic carbocycles. The second kappa shape index (κ2) is 6.12. The van der Waals surface area contributed by atoms with Crippen molar-refractivity contribution in [2.24, 2.45) is 0 Å². The topological polar surface area (TPSA) is 68.1 Å². The monoisotopic (exact) mass is 385 g/mol. The summed E-state index contributed by atoms with van der Waals surface area (Å²) < 4.78 is 1.76. The summed E-state index contributed by atoms with van der Waals surface area (Å²) in [5, 5.41) is 13.8. The highest BCUT2D eigenvalue weighted by atomic mass is 79.9. The lowest BCUT2D eigenvalue weighted by Gasteiger charge is -2.07. The standard InChI is InChI=1S/C12H9Br2N3O2/c13-8-4-11(14)12(16-6-8)7-15-9-2-1-3-10(5-9)17(18)19/h1-6,15H,7H2.